The number of nitrogens with zero attached hydrogens (tertiary/aromatic N) is 2. The van der Waals surface area contributed by atoms with Gasteiger partial charge in [0.15, 0.2) is 0 Å². The molecule has 9 heteroatoms. The predicted molar refractivity (Wildman–Crippen MR) is 119 cm³/mol. The maximum absolute atomic E-state index is 13.1. The highest BCUT2D eigenvalue weighted by Gasteiger charge is 2.32. The van der Waals surface area contributed by atoms with E-state index in [-0.39, 0.29) is 22.8 Å². The Labute approximate surface area is 183 Å². The Morgan fingerprint density at radius 3 is 2.52 bits per heavy atom. The molecule has 1 aliphatic heterocycles. The zero-order valence-corrected chi connectivity index (χ0v) is 19.2. The smallest absolute Gasteiger partial charge is 0.243 e. The second kappa shape index (κ2) is 8.76. The molecule has 2 heterocycles. The Hall–Kier alpha value is -2.78. The summed E-state index contributed by atoms with van der Waals surface area (Å²) in [6.07, 6.45) is 0.575. The van der Waals surface area contributed by atoms with Crippen LogP contribution in [-0.2, 0) is 26.0 Å². The number of carbonyl (C=O) groups excluding carboxylic acids is 2. The third kappa shape index (κ3) is 4.94. The number of carbonyl (C=O) groups is 2. The number of benzene rings is 1. The minimum Gasteiger partial charge on any atom is -0.309 e. The van der Waals surface area contributed by atoms with Crippen LogP contribution in [0, 0.1) is 12.8 Å². The van der Waals surface area contributed by atoms with E-state index in [0.717, 1.165) is 16.9 Å². The van der Waals surface area contributed by atoms with Crippen molar-refractivity contribution >= 4 is 33.3 Å². The van der Waals surface area contributed by atoms with Crippen LogP contribution in [0.25, 0.3) is 0 Å². The molecule has 31 heavy (non-hydrogen) atoms. The molecule has 2 N–H and O–H groups in total. The fourth-order valence-corrected chi connectivity index (χ4v) is 5.19. The van der Waals surface area contributed by atoms with E-state index in [1.807, 2.05) is 6.92 Å². The van der Waals surface area contributed by atoms with E-state index < -0.39 is 22.0 Å². The highest BCUT2D eigenvalue weighted by Crippen LogP contribution is 2.34. The topological polar surface area (TPSA) is 108 Å². The predicted octanol–water partition coefficient (Wildman–Crippen LogP) is 2.63. The number of aryl methyl sites for hydroxylation is 1. The molecule has 0 bridgehead atoms. The summed E-state index contributed by atoms with van der Waals surface area (Å²) < 4.78 is 28.7. The number of rotatable bonds is 6. The quantitative estimate of drug-likeness (QED) is 0.712. The lowest BCUT2D eigenvalue weighted by Crippen LogP contribution is -2.47. The van der Waals surface area contributed by atoms with Crippen LogP contribution >= 0.6 is 0 Å². The molecule has 1 aliphatic rings. The van der Waals surface area contributed by atoms with E-state index in [1.165, 1.54) is 13.0 Å². The second-order valence-electron chi connectivity index (χ2n) is 8.23. The number of hydrogen-bond acceptors (Lipinski definition) is 5. The van der Waals surface area contributed by atoms with Gasteiger partial charge in [-0.1, -0.05) is 19.9 Å². The lowest BCUT2D eigenvalue weighted by molar-refractivity contribution is -0.119. The lowest BCUT2D eigenvalue weighted by atomic mass is 10.1. The van der Waals surface area contributed by atoms with Gasteiger partial charge in [0.05, 0.1) is 4.90 Å². The van der Waals surface area contributed by atoms with Gasteiger partial charge in [-0.25, -0.2) is 13.4 Å². The maximum Gasteiger partial charge on any atom is 0.243 e. The molecule has 2 amide bonds. The molecule has 3 rings (SSSR count). The van der Waals surface area contributed by atoms with Crippen LogP contribution in [0.4, 0.5) is 11.5 Å². The molecule has 0 saturated heterocycles. The van der Waals surface area contributed by atoms with Gasteiger partial charge >= 0.3 is 0 Å². The van der Waals surface area contributed by atoms with Crippen molar-refractivity contribution in [3.8, 4) is 0 Å². The molecule has 8 nitrogen and oxygen atoms in total. The van der Waals surface area contributed by atoms with Crippen molar-refractivity contribution in [1.29, 1.82) is 0 Å². The van der Waals surface area contributed by atoms with Crippen molar-refractivity contribution in [1.82, 2.24) is 9.71 Å². The summed E-state index contributed by atoms with van der Waals surface area (Å²) in [6, 6.07) is 8.90. The first-order valence-electron chi connectivity index (χ1n) is 10.2. The van der Waals surface area contributed by atoms with E-state index in [9.17, 15) is 18.0 Å². The first-order chi connectivity index (χ1) is 14.5. The lowest BCUT2D eigenvalue weighted by Gasteiger charge is -2.22. The zero-order chi connectivity index (χ0) is 22.9. The summed E-state index contributed by atoms with van der Waals surface area (Å²) in [5.41, 5.74) is 2.26. The fraction of sp³-hybridized carbons (Fsp3) is 0.409. The van der Waals surface area contributed by atoms with Crippen molar-refractivity contribution < 1.29 is 18.0 Å². The van der Waals surface area contributed by atoms with E-state index in [0.29, 0.717) is 12.2 Å². The van der Waals surface area contributed by atoms with Gasteiger partial charge in [0.25, 0.3) is 0 Å². The first kappa shape index (κ1) is 22.9. The molecule has 0 radical (unpaired) electrons. The van der Waals surface area contributed by atoms with Gasteiger partial charge in [-0.3, -0.25) is 9.59 Å². The SMILES string of the molecule is CC(=O)N1c2ccc(S(=O)(=O)N[C@@H](C(=O)Nc3cccc(C)n3)C(C)C)cc2C[C@H]1C. The number of aromatic nitrogens is 1. The standard InChI is InChI=1S/C22H28N4O4S/c1-13(2)21(22(28)24-20-8-6-7-14(3)23-20)25-31(29,30)18-9-10-19-17(12-18)11-15(4)26(19)16(5)27/h6-10,12-13,15,21,25H,11H2,1-5H3,(H,23,24,28)/t15-,21-/m1/s1. The van der Waals surface area contributed by atoms with Crippen LogP contribution in [0.2, 0.25) is 0 Å². The van der Waals surface area contributed by atoms with Crippen LogP contribution in [0.3, 0.4) is 0 Å². The van der Waals surface area contributed by atoms with Gasteiger partial charge in [-0.05, 0) is 62.1 Å². The van der Waals surface area contributed by atoms with Crippen molar-refractivity contribution in [2.24, 2.45) is 5.92 Å². The summed E-state index contributed by atoms with van der Waals surface area (Å²) >= 11 is 0. The Morgan fingerprint density at radius 1 is 1.19 bits per heavy atom. The Kier molecular flexibility index (Phi) is 6.47. The summed E-state index contributed by atoms with van der Waals surface area (Å²) in [7, 11) is -3.96. The van der Waals surface area contributed by atoms with Crippen LogP contribution in [0.1, 0.15) is 39.0 Å². The van der Waals surface area contributed by atoms with Crippen molar-refractivity contribution in [3.05, 3.63) is 47.7 Å². The molecule has 1 aromatic heterocycles. The van der Waals surface area contributed by atoms with Gasteiger partial charge in [0.1, 0.15) is 11.9 Å². The minimum absolute atomic E-state index is 0.0329. The Morgan fingerprint density at radius 2 is 1.90 bits per heavy atom. The number of hydrogen-bond donors (Lipinski definition) is 2. The molecule has 0 spiro atoms. The van der Waals surface area contributed by atoms with Crippen molar-refractivity contribution in [2.45, 2.75) is 58.0 Å². The average molecular weight is 445 g/mol. The van der Waals surface area contributed by atoms with Gasteiger partial charge in [-0.2, -0.15) is 4.72 Å². The zero-order valence-electron chi connectivity index (χ0n) is 18.3. The first-order valence-corrected chi connectivity index (χ1v) is 11.7. The van der Waals surface area contributed by atoms with Crippen LogP contribution in [-0.4, -0.2) is 37.3 Å². The summed E-state index contributed by atoms with van der Waals surface area (Å²) in [4.78, 5) is 30.7. The van der Waals surface area contributed by atoms with Crippen LogP contribution in [0.15, 0.2) is 41.3 Å². The third-order valence-electron chi connectivity index (χ3n) is 5.29. The largest absolute Gasteiger partial charge is 0.309 e. The fourth-order valence-electron chi connectivity index (χ4n) is 3.80. The molecular weight excluding hydrogens is 416 g/mol. The van der Waals surface area contributed by atoms with Crippen LogP contribution < -0.4 is 14.9 Å². The van der Waals surface area contributed by atoms with Gasteiger partial charge in [0, 0.05) is 24.3 Å². The summed E-state index contributed by atoms with van der Waals surface area (Å²) in [6.45, 7) is 8.76. The molecule has 0 saturated carbocycles. The minimum atomic E-state index is -3.96. The van der Waals surface area contributed by atoms with Crippen LogP contribution in [0.5, 0.6) is 0 Å². The number of amides is 2. The molecule has 2 atom stereocenters. The molecule has 0 fully saturated rings. The maximum atomic E-state index is 13.1. The molecule has 166 valence electrons. The van der Waals surface area contributed by atoms with E-state index in [1.54, 1.807) is 56.0 Å². The van der Waals surface area contributed by atoms with Crippen molar-refractivity contribution in [2.75, 3.05) is 10.2 Å². The molecular formula is C22H28N4O4S. The Bertz CT molecular complexity index is 1110. The Balaban J connectivity index is 1.83. The third-order valence-corrected chi connectivity index (χ3v) is 6.73. The normalized spacial score (nSPS) is 16.8. The molecule has 0 aliphatic carbocycles. The van der Waals surface area contributed by atoms with E-state index in [2.05, 4.69) is 15.0 Å². The van der Waals surface area contributed by atoms with Gasteiger partial charge in [-0.15, -0.1) is 0 Å². The average Bonchev–Trinajstić information content (AvgIpc) is 3.00. The molecule has 0 unspecified atom stereocenters. The summed E-state index contributed by atoms with van der Waals surface area (Å²) in [5, 5.41) is 2.68. The second-order valence-corrected chi connectivity index (χ2v) is 9.94. The van der Waals surface area contributed by atoms with E-state index in [4.69, 9.17) is 0 Å². The highest BCUT2D eigenvalue weighted by molar-refractivity contribution is 7.89. The highest BCUT2D eigenvalue weighted by atomic mass is 32.2. The number of fused-ring (bicyclic) bond motifs is 1. The number of nitrogens with one attached hydrogen (secondary N) is 2. The monoisotopic (exact) mass is 444 g/mol. The molecule has 2 aromatic rings. The van der Waals surface area contributed by atoms with Crippen molar-refractivity contribution in [3.63, 3.8) is 0 Å². The molecule has 1 aromatic carbocycles. The number of sulfonamides is 1. The summed E-state index contributed by atoms with van der Waals surface area (Å²) in [5.74, 6) is -0.483. The van der Waals surface area contributed by atoms with Gasteiger partial charge < -0.3 is 10.2 Å². The number of pyridine rings is 1. The van der Waals surface area contributed by atoms with Gasteiger partial charge in [0.2, 0.25) is 21.8 Å². The van der Waals surface area contributed by atoms with E-state index >= 15 is 0 Å². The number of anilines is 2.